The van der Waals surface area contributed by atoms with Gasteiger partial charge in [-0.1, -0.05) is 42.5 Å². The van der Waals surface area contributed by atoms with Gasteiger partial charge in [-0.2, -0.15) is 0 Å². The molecule has 0 fully saturated rings. The zero-order chi connectivity index (χ0) is 18.7. The van der Waals surface area contributed by atoms with Gasteiger partial charge in [-0.15, -0.1) is 11.3 Å². The maximum absolute atomic E-state index is 11.1. The van der Waals surface area contributed by atoms with E-state index in [0.29, 0.717) is 5.56 Å². The Labute approximate surface area is 165 Å². The maximum atomic E-state index is 11.1. The third kappa shape index (κ3) is 2.05. The molecule has 0 unspecified atom stereocenters. The minimum absolute atomic E-state index is 0.691. The summed E-state index contributed by atoms with van der Waals surface area (Å²) in [6.45, 7) is 0. The van der Waals surface area contributed by atoms with Gasteiger partial charge >= 0.3 is 0 Å². The largest absolute Gasteiger partial charge is 0.309 e. The minimum atomic E-state index is 0.691. The van der Waals surface area contributed by atoms with Crippen LogP contribution in [0.5, 0.6) is 0 Å². The van der Waals surface area contributed by atoms with E-state index in [1.165, 1.54) is 42.0 Å². The Morgan fingerprint density at radius 3 is 2.25 bits per heavy atom. The number of nitrogens with zero attached hydrogens (tertiary/aromatic N) is 1. The minimum Gasteiger partial charge on any atom is -0.309 e. The van der Waals surface area contributed by atoms with Crippen LogP contribution in [0.15, 0.2) is 84.9 Å². The van der Waals surface area contributed by atoms with E-state index in [-0.39, 0.29) is 0 Å². The van der Waals surface area contributed by atoms with E-state index < -0.39 is 0 Å². The van der Waals surface area contributed by atoms with Gasteiger partial charge in [0.15, 0.2) is 0 Å². The molecule has 0 spiro atoms. The number of hydrogen-bond donors (Lipinski definition) is 0. The zero-order valence-electron chi connectivity index (χ0n) is 14.9. The fraction of sp³-hybridized carbons (Fsp3) is 0. The van der Waals surface area contributed by atoms with E-state index >= 15 is 0 Å². The first kappa shape index (κ1) is 15.6. The number of aromatic nitrogens is 1. The molecule has 0 N–H and O–H groups in total. The summed E-state index contributed by atoms with van der Waals surface area (Å²) in [4.78, 5) is 11.1. The van der Waals surface area contributed by atoms with Crippen molar-refractivity contribution in [2.24, 2.45) is 0 Å². The molecule has 0 aliphatic carbocycles. The number of fused-ring (bicyclic) bond motifs is 7. The first-order valence-corrected chi connectivity index (χ1v) is 10.1. The normalized spacial score (nSPS) is 11.7. The van der Waals surface area contributed by atoms with Crippen LogP contribution in [0, 0.1) is 0 Å². The van der Waals surface area contributed by atoms with Gasteiger partial charge in [0, 0.05) is 42.2 Å². The van der Waals surface area contributed by atoms with Crippen LogP contribution in [-0.2, 0) is 0 Å². The second-order valence-electron chi connectivity index (χ2n) is 7.00. The topological polar surface area (TPSA) is 22.0 Å². The lowest BCUT2D eigenvalue weighted by Gasteiger charge is -2.08. The van der Waals surface area contributed by atoms with Crippen LogP contribution in [0.3, 0.4) is 0 Å². The summed E-state index contributed by atoms with van der Waals surface area (Å²) in [6.07, 6.45) is 0.885. The lowest BCUT2D eigenvalue weighted by molar-refractivity contribution is 0.112. The van der Waals surface area contributed by atoms with E-state index in [0.717, 1.165) is 12.0 Å². The van der Waals surface area contributed by atoms with Gasteiger partial charge in [-0.3, -0.25) is 4.79 Å². The van der Waals surface area contributed by atoms with E-state index in [9.17, 15) is 4.79 Å². The lowest BCUT2D eigenvalue weighted by atomic mass is 10.1. The Bertz CT molecular complexity index is 1520. The molecular formula is C25H15NOS. The standard InChI is InChI=1S/C25H15NOS/c27-15-16-9-11-17(12-10-16)26-21-7-3-1-6-20(21)24-22(26)14-13-19-18-5-2-4-8-23(18)28-25(19)24/h1-15H. The summed E-state index contributed by atoms with van der Waals surface area (Å²) in [5, 5.41) is 5.19. The number of aldehydes is 1. The van der Waals surface area contributed by atoms with Crippen molar-refractivity contribution in [3.05, 3.63) is 90.5 Å². The molecule has 0 aliphatic heterocycles. The highest BCUT2D eigenvalue weighted by Gasteiger charge is 2.16. The Balaban J connectivity index is 1.81. The molecular weight excluding hydrogens is 362 g/mol. The number of hydrogen-bond acceptors (Lipinski definition) is 2. The zero-order valence-corrected chi connectivity index (χ0v) is 15.7. The molecule has 0 saturated carbocycles. The highest BCUT2D eigenvalue weighted by Crippen LogP contribution is 2.42. The van der Waals surface area contributed by atoms with Crippen molar-refractivity contribution in [3.8, 4) is 5.69 Å². The molecule has 2 aromatic heterocycles. The van der Waals surface area contributed by atoms with Gasteiger partial charge in [0.2, 0.25) is 0 Å². The number of benzene rings is 4. The summed E-state index contributed by atoms with van der Waals surface area (Å²) in [5.74, 6) is 0. The summed E-state index contributed by atoms with van der Waals surface area (Å²) in [5.41, 5.74) is 4.13. The average Bonchev–Trinajstić information content (AvgIpc) is 3.29. The van der Waals surface area contributed by atoms with Crippen LogP contribution < -0.4 is 0 Å². The number of thiophene rings is 1. The highest BCUT2D eigenvalue weighted by molar-refractivity contribution is 7.26. The quantitative estimate of drug-likeness (QED) is 0.299. The van der Waals surface area contributed by atoms with Crippen molar-refractivity contribution in [3.63, 3.8) is 0 Å². The van der Waals surface area contributed by atoms with Crippen molar-refractivity contribution >= 4 is 59.6 Å². The van der Waals surface area contributed by atoms with Crippen molar-refractivity contribution < 1.29 is 4.79 Å². The molecule has 3 heteroatoms. The van der Waals surface area contributed by atoms with Crippen LogP contribution in [0.25, 0.3) is 47.7 Å². The number of carbonyl (C=O) groups excluding carboxylic acids is 1. The SMILES string of the molecule is O=Cc1ccc(-n2c3ccccc3c3c4sc5ccccc5c4ccc32)cc1. The molecule has 0 amide bonds. The van der Waals surface area contributed by atoms with E-state index in [1.807, 2.05) is 35.6 Å². The Morgan fingerprint density at radius 1 is 0.679 bits per heavy atom. The van der Waals surface area contributed by atoms with Gasteiger partial charge in [0.25, 0.3) is 0 Å². The molecule has 2 nitrogen and oxygen atoms in total. The smallest absolute Gasteiger partial charge is 0.150 e. The number of rotatable bonds is 2. The van der Waals surface area contributed by atoms with E-state index in [1.54, 1.807) is 0 Å². The molecule has 0 atom stereocenters. The Morgan fingerprint density at radius 2 is 1.43 bits per heavy atom. The van der Waals surface area contributed by atoms with Crippen LogP contribution in [0.4, 0.5) is 0 Å². The second kappa shape index (κ2) is 5.78. The van der Waals surface area contributed by atoms with Gasteiger partial charge in [0.1, 0.15) is 6.29 Å². The van der Waals surface area contributed by atoms with E-state index in [2.05, 4.69) is 65.2 Å². The van der Waals surface area contributed by atoms with E-state index in [4.69, 9.17) is 0 Å². The molecule has 0 aliphatic rings. The fourth-order valence-electron chi connectivity index (χ4n) is 4.22. The summed E-state index contributed by atoms with van der Waals surface area (Å²) in [7, 11) is 0. The molecule has 2 heterocycles. The van der Waals surface area contributed by atoms with Crippen LogP contribution in [-0.4, -0.2) is 10.9 Å². The highest BCUT2D eigenvalue weighted by atomic mass is 32.1. The average molecular weight is 377 g/mol. The van der Waals surface area contributed by atoms with Crippen molar-refractivity contribution in [1.82, 2.24) is 4.57 Å². The van der Waals surface area contributed by atoms with Gasteiger partial charge in [-0.05, 0) is 42.5 Å². The predicted octanol–water partition coefficient (Wildman–Crippen LogP) is 6.96. The monoisotopic (exact) mass is 377 g/mol. The molecule has 0 saturated heterocycles. The lowest BCUT2D eigenvalue weighted by Crippen LogP contribution is -1.94. The first-order valence-electron chi connectivity index (χ1n) is 9.24. The van der Waals surface area contributed by atoms with Gasteiger partial charge < -0.3 is 4.57 Å². The number of para-hydroxylation sites is 1. The molecule has 0 bridgehead atoms. The van der Waals surface area contributed by atoms with Crippen molar-refractivity contribution in [1.29, 1.82) is 0 Å². The molecule has 28 heavy (non-hydrogen) atoms. The fourth-order valence-corrected chi connectivity index (χ4v) is 5.47. The first-order chi connectivity index (χ1) is 13.8. The summed E-state index contributed by atoms with van der Waals surface area (Å²) < 4.78 is 4.94. The van der Waals surface area contributed by atoms with Crippen molar-refractivity contribution in [2.75, 3.05) is 0 Å². The van der Waals surface area contributed by atoms with Crippen LogP contribution in [0.1, 0.15) is 10.4 Å². The maximum Gasteiger partial charge on any atom is 0.150 e. The molecule has 6 aromatic rings. The third-order valence-electron chi connectivity index (χ3n) is 5.47. The Hall–Kier alpha value is -3.43. The molecule has 6 rings (SSSR count). The van der Waals surface area contributed by atoms with Crippen LogP contribution in [0.2, 0.25) is 0 Å². The second-order valence-corrected chi connectivity index (χ2v) is 8.05. The summed E-state index contributed by atoms with van der Waals surface area (Å²) >= 11 is 1.86. The van der Waals surface area contributed by atoms with Gasteiger partial charge in [-0.25, -0.2) is 0 Å². The van der Waals surface area contributed by atoms with Crippen LogP contribution >= 0.6 is 11.3 Å². The Kier molecular flexibility index (Phi) is 3.22. The predicted molar refractivity (Wildman–Crippen MR) is 119 cm³/mol. The molecule has 4 aromatic carbocycles. The summed E-state index contributed by atoms with van der Waals surface area (Å²) in [6, 6.07) is 29.4. The molecule has 132 valence electrons. The van der Waals surface area contributed by atoms with Gasteiger partial charge in [0.05, 0.1) is 11.0 Å². The van der Waals surface area contributed by atoms with Crippen molar-refractivity contribution in [2.45, 2.75) is 0 Å². The molecule has 0 radical (unpaired) electrons. The third-order valence-corrected chi connectivity index (χ3v) is 6.67. The number of carbonyl (C=O) groups is 1.